The Kier molecular flexibility index (Phi) is 3.15. The van der Waals surface area contributed by atoms with Crippen LogP contribution in [0.3, 0.4) is 0 Å². The highest BCUT2D eigenvalue weighted by molar-refractivity contribution is 5.13. The van der Waals surface area contributed by atoms with E-state index < -0.39 is 18.0 Å². The van der Waals surface area contributed by atoms with Crippen molar-refractivity contribution in [3.8, 4) is 0 Å². The van der Waals surface area contributed by atoms with Gasteiger partial charge in [0.2, 0.25) is 0 Å². The molecule has 0 amide bonds. The van der Waals surface area contributed by atoms with E-state index in [9.17, 15) is 13.2 Å². The van der Waals surface area contributed by atoms with Crippen LogP contribution in [0, 0.1) is 0 Å². The molecule has 1 aromatic rings. The molecule has 0 saturated carbocycles. The fraction of sp³-hybridized carbons (Fsp3) is 0.625. The summed E-state index contributed by atoms with van der Waals surface area (Å²) < 4.78 is 41.5. The highest BCUT2D eigenvalue weighted by atomic mass is 19.4. The standard InChI is InChI=1S/C8H11F3N2O/c1-3-14-5(2)6-4-7(13-12-6)8(9,10)11/h4-5H,3H2,1-2H3,(H,12,13). The molecule has 0 aliphatic rings. The Morgan fingerprint density at radius 1 is 1.57 bits per heavy atom. The predicted molar refractivity (Wildman–Crippen MR) is 43.6 cm³/mol. The van der Waals surface area contributed by atoms with Crippen LogP contribution in [-0.2, 0) is 10.9 Å². The van der Waals surface area contributed by atoms with Crippen molar-refractivity contribution < 1.29 is 17.9 Å². The number of alkyl halides is 3. The molecule has 1 unspecified atom stereocenters. The molecule has 0 aliphatic heterocycles. The molecule has 0 fully saturated rings. The maximum atomic E-state index is 12.1. The first-order valence-corrected chi connectivity index (χ1v) is 4.19. The van der Waals surface area contributed by atoms with E-state index in [1.165, 1.54) is 0 Å². The molecule has 0 radical (unpaired) electrons. The first-order valence-electron chi connectivity index (χ1n) is 4.19. The first kappa shape index (κ1) is 11.0. The van der Waals surface area contributed by atoms with Crippen LogP contribution >= 0.6 is 0 Å². The predicted octanol–water partition coefficient (Wildman–Crippen LogP) is 2.53. The van der Waals surface area contributed by atoms with Gasteiger partial charge in [-0.15, -0.1) is 0 Å². The third kappa shape index (κ3) is 2.47. The highest BCUT2D eigenvalue weighted by Crippen LogP contribution is 2.29. The van der Waals surface area contributed by atoms with E-state index >= 15 is 0 Å². The number of halogens is 3. The summed E-state index contributed by atoms with van der Waals surface area (Å²) in [7, 11) is 0. The van der Waals surface area contributed by atoms with E-state index in [0.717, 1.165) is 6.07 Å². The van der Waals surface area contributed by atoms with Crippen molar-refractivity contribution >= 4 is 0 Å². The SMILES string of the molecule is CCOC(C)c1cc(C(F)(F)F)n[nH]1. The van der Waals surface area contributed by atoms with Crippen LogP contribution in [-0.4, -0.2) is 16.8 Å². The summed E-state index contributed by atoms with van der Waals surface area (Å²) in [5.41, 5.74) is -0.585. The van der Waals surface area contributed by atoms with Crippen LogP contribution in [0.1, 0.15) is 31.3 Å². The highest BCUT2D eigenvalue weighted by Gasteiger charge is 2.34. The van der Waals surface area contributed by atoms with E-state index in [0.29, 0.717) is 12.3 Å². The molecular formula is C8H11F3N2O. The van der Waals surface area contributed by atoms with Gasteiger partial charge >= 0.3 is 6.18 Å². The number of rotatable bonds is 3. The molecule has 0 aliphatic carbocycles. The van der Waals surface area contributed by atoms with Gasteiger partial charge in [0.05, 0.1) is 11.8 Å². The third-order valence-electron chi connectivity index (χ3n) is 1.74. The smallest absolute Gasteiger partial charge is 0.373 e. The van der Waals surface area contributed by atoms with Gasteiger partial charge in [-0.25, -0.2) is 0 Å². The van der Waals surface area contributed by atoms with Gasteiger partial charge in [0.25, 0.3) is 0 Å². The summed E-state index contributed by atoms with van der Waals surface area (Å²) in [4.78, 5) is 0. The monoisotopic (exact) mass is 208 g/mol. The Bertz CT molecular complexity index is 295. The molecule has 0 spiro atoms. The maximum Gasteiger partial charge on any atom is 0.435 e. The van der Waals surface area contributed by atoms with Crippen molar-refractivity contribution in [2.75, 3.05) is 6.61 Å². The Morgan fingerprint density at radius 3 is 2.64 bits per heavy atom. The van der Waals surface area contributed by atoms with E-state index in [2.05, 4.69) is 10.2 Å². The molecule has 6 heteroatoms. The fourth-order valence-electron chi connectivity index (χ4n) is 1.03. The number of aromatic amines is 1. The maximum absolute atomic E-state index is 12.1. The van der Waals surface area contributed by atoms with E-state index in [4.69, 9.17) is 4.74 Å². The molecule has 3 nitrogen and oxygen atoms in total. The number of nitrogens with zero attached hydrogens (tertiary/aromatic N) is 1. The molecule has 1 rings (SSSR count). The van der Waals surface area contributed by atoms with E-state index in [-0.39, 0.29) is 0 Å². The van der Waals surface area contributed by atoms with Crippen molar-refractivity contribution in [2.24, 2.45) is 0 Å². The van der Waals surface area contributed by atoms with Crippen molar-refractivity contribution in [3.05, 3.63) is 17.5 Å². The van der Waals surface area contributed by atoms with Gasteiger partial charge in [0.15, 0.2) is 5.69 Å². The number of hydrogen-bond donors (Lipinski definition) is 1. The quantitative estimate of drug-likeness (QED) is 0.828. The minimum Gasteiger partial charge on any atom is -0.373 e. The minimum absolute atomic E-state index is 0.333. The minimum atomic E-state index is -4.40. The van der Waals surface area contributed by atoms with Crippen LogP contribution in [0.25, 0.3) is 0 Å². The molecule has 1 aromatic heterocycles. The summed E-state index contributed by atoms with van der Waals surface area (Å²) in [6, 6.07) is 0.959. The number of hydrogen-bond acceptors (Lipinski definition) is 2. The normalized spacial score (nSPS) is 14.4. The first-order chi connectivity index (χ1) is 6.45. The van der Waals surface area contributed by atoms with Gasteiger partial charge in [-0.3, -0.25) is 5.10 Å². The van der Waals surface area contributed by atoms with Crippen molar-refractivity contribution in [2.45, 2.75) is 26.1 Å². The Labute approximate surface area is 79.3 Å². The molecule has 0 aromatic carbocycles. The average Bonchev–Trinajstić information content (AvgIpc) is 2.51. The summed E-state index contributed by atoms with van der Waals surface area (Å²) in [5, 5.41) is 5.46. The number of H-pyrrole nitrogens is 1. The number of nitrogens with one attached hydrogen (secondary N) is 1. The molecule has 1 heterocycles. The molecule has 0 bridgehead atoms. The molecular weight excluding hydrogens is 197 g/mol. The molecule has 80 valence electrons. The zero-order valence-electron chi connectivity index (χ0n) is 7.85. The lowest BCUT2D eigenvalue weighted by Crippen LogP contribution is -2.04. The van der Waals surface area contributed by atoms with Gasteiger partial charge in [-0.2, -0.15) is 18.3 Å². The molecule has 1 N–H and O–H groups in total. The van der Waals surface area contributed by atoms with Gasteiger partial charge in [0.1, 0.15) is 0 Å². The van der Waals surface area contributed by atoms with Crippen LogP contribution in [0.15, 0.2) is 6.07 Å². The van der Waals surface area contributed by atoms with Gasteiger partial charge in [-0.1, -0.05) is 0 Å². The number of aromatic nitrogens is 2. The fourth-order valence-corrected chi connectivity index (χ4v) is 1.03. The zero-order chi connectivity index (χ0) is 10.8. The zero-order valence-corrected chi connectivity index (χ0v) is 7.85. The van der Waals surface area contributed by atoms with Gasteiger partial charge in [0, 0.05) is 6.61 Å². The van der Waals surface area contributed by atoms with Crippen LogP contribution in [0.4, 0.5) is 13.2 Å². The van der Waals surface area contributed by atoms with Crippen molar-refractivity contribution in [1.82, 2.24) is 10.2 Å². The average molecular weight is 208 g/mol. The van der Waals surface area contributed by atoms with Gasteiger partial charge in [-0.05, 0) is 19.9 Å². The summed E-state index contributed by atoms with van der Waals surface area (Å²) in [6.07, 6.45) is -4.80. The van der Waals surface area contributed by atoms with Crippen molar-refractivity contribution in [3.63, 3.8) is 0 Å². The Morgan fingerprint density at radius 2 is 2.21 bits per heavy atom. The number of ether oxygens (including phenoxy) is 1. The van der Waals surface area contributed by atoms with Gasteiger partial charge < -0.3 is 4.74 Å². The van der Waals surface area contributed by atoms with Crippen molar-refractivity contribution in [1.29, 1.82) is 0 Å². The summed E-state index contributed by atoms with van der Waals surface area (Å²) in [5.74, 6) is 0. The molecule has 14 heavy (non-hydrogen) atoms. The van der Waals surface area contributed by atoms with Crippen LogP contribution in [0.5, 0.6) is 0 Å². The van der Waals surface area contributed by atoms with Crippen LogP contribution < -0.4 is 0 Å². The lowest BCUT2D eigenvalue weighted by atomic mass is 10.2. The lowest BCUT2D eigenvalue weighted by Gasteiger charge is -2.07. The summed E-state index contributed by atoms with van der Waals surface area (Å²) in [6.45, 7) is 3.89. The van der Waals surface area contributed by atoms with E-state index in [1.54, 1.807) is 13.8 Å². The van der Waals surface area contributed by atoms with E-state index in [1.807, 2.05) is 0 Å². The second-order valence-corrected chi connectivity index (χ2v) is 2.80. The topological polar surface area (TPSA) is 37.9 Å². The Balaban J connectivity index is 2.78. The second-order valence-electron chi connectivity index (χ2n) is 2.80. The summed E-state index contributed by atoms with van der Waals surface area (Å²) >= 11 is 0. The third-order valence-corrected chi connectivity index (χ3v) is 1.74. The van der Waals surface area contributed by atoms with Crippen LogP contribution in [0.2, 0.25) is 0 Å². The lowest BCUT2D eigenvalue weighted by molar-refractivity contribution is -0.141. The Hall–Kier alpha value is -1.04. The molecule has 0 saturated heterocycles. The second kappa shape index (κ2) is 4.00. The largest absolute Gasteiger partial charge is 0.435 e. The molecule has 1 atom stereocenters.